The number of amides is 1. The van der Waals surface area contributed by atoms with Crippen LogP contribution in [0, 0.1) is 0 Å². The van der Waals surface area contributed by atoms with Crippen LogP contribution in [0.25, 0.3) is 0 Å². The Morgan fingerprint density at radius 1 is 1.40 bits per heavy atom. The van der Waals surface area contributed by atoms with Crippen molar-refractivity contribution >= 4 is 35.2 Å². The molecule has 1 rings (SSSR count). The smallest absolute Gasteiger partial charge is 0.326 e. The molecule has 6 heteroatoms. The standard InChI is InChI=1S/C14H18ClNO3S/c1-2-3-7-11(14(18)19)16-13(17)9-20-12-8-5-4-6-10(12)15/h4-6,8,11H,2-3,7,9H2,1H3,(H,16,17)(H,18,19)/t11-/m0/s1. The molecule has 0 fully saturated rings. The minimum atomic E-state index is -0.991. The molecule has 1 aromatic rings. The largest absolute Gasteiger partial charge is 0.480 e. The molecule has 0 saturated heterocycles. The Morgan fingerprint density at radius 2 is 2.10 bits per heavy atom. The molecule has 0 unspecified atom stereocenters. The minimum absolute atomic E-state index is 0.152. The lowest BCUT2D eigenvalue weighted by Gasteiger charge is -2.14. The molecule has 0 heterocycles. The lowest BCUT2D eigenvalue weighted by Crippen LogP contribution is -2.41. The van der Waals surface area contributed by atoms with Gasteiger partial charge in [0.05, 0.1) is 10.8 Å². The molecule has 110 valence electrons. The van der Waals surface area contributed by atoms with E-state index in [1.807, 2.05) is 25.1 Å². The molecule has 0 aromatic heterocycles. The normalized spacial score (nSPS) is 11.9. The first-order valence-corrected chi connectivity index (χ1v) is 7.80. The van der Waals surface area contributed by atoms with Crippen molar-refractivity contribution in [2.24, 2.45) is 0 Å². The van der Waals surface area contributed by atoms with E-state index in [-0.39, 0.29) is 11.7 Å². The lowest BCUT2D eigenvalue weighted by molar-refractivity contribution is -0.141. The molecular weight excluding hydrogens is 298 g/mol. The van der Waals surface area contributed by atoms with Crippen LogP contribution in [-0.2, 0) is 9.59 Å². The van der Waals surface area contributed by atoms with E-state index in [0.717, 1.165) is 17.7 Å². The zero-order valence-electron chi connectivity index (χ0n) is 11.3. The first-order chi connectivity index (χ1) is 9.54. The number of hydrogen-bond acceptors (Lipinski definition) is 3. The Morgan fingerprint density at radius 3 is 2.70 bits per heavy atom. The summed E-state index contributed by atoms with van der Waals surface area (Å²) in [6.45, 7) is 1.98. The van der Waals surface area contributed by atoms with Gasteiger partial charge in [0.25, 0.3) is 0 Å². The van der Waals surface area contributed by atoms with Gasteiger partial charge in [-0.1, -0.05) is 43.5 Å². The van der Waals surface area contributed by atoms with Crippen molar-refractivity contribution in [1.82, 2.24) is 5.32 Å². The topological polar surface area (TPSA) is 66.4 Å². The van der Waals surface area contributed by atoms with Crippen LogP contribution in [0.15, 0.2) is 29.2 Å². The van der Waals surface area contributed by atoms with Gasteiger partial charge in [-0.2, -0.15) is 0 Å². The quantitative estimate of drug-likeness (QED) is 0.723. The molecule has 0 aliphatic carbocycles. The molecule has 2 N–H and O–H groups in total. The molecule has 0 bridgehead atoms. The van der Waals surface area contributed by atoms with Crippen molar-refractivity contribution < 1.29 is 14.7 Å². The van der Waals surface area contributed by atoms with Crippen molar-refractivity contribution in [3.63, 3.8) is 0 Å². The predicted molar refractivity (Wildman–Crippen MR) is 81.3 cm³/mol. The average Bonchev–Trinajstić information content (AvgIpc) is 2.42. The number of carboxylic acids is 1. The van der Waals surface area contributed by atoms with Gasteiger partial charge >= 0.3 is 5.97 Å². The van der Waals surface area contributed by atoms with Crippen LogP contribution in [0.2, 0.25) is 5.02 Å². The van der Waals surface area contributed by atoms with E-state index in [1.54, 1.807) is 6.07 Å². The maximum atomic E-state index is 11.8. The number of nitrogens with one attached hydrogen (secondary N) is 1. The van der Waals surface area contributed by atoms with E-state index in [2.05, 4.69) is 5.32 Å². The van der Waals surface area contributed by atoms with Gasteiger partial charge in [0.1, 0.15) is 6.04 Å². The van der Waals surface area contributed by atoms with Gasteiger partial charge in [-0.25, -0.2) is 4.79 Å². The Hall–Kier alpha value is -1.20. The highest BCUT2D eigenvalue weighted by Gasteiger charge is 2.19. The van der Waals surface area contributed by atoms with Gasteiger partial charge in [0.2, 0.25) is 5.91 Å². The fourth-order valence-electron chi connectivity index (χ4n) is 1.61. The number of unbranched alkanes of at least 4 members (excludes halogenated alkanes) is 1. The van der Waals surface area contributed by atoms with Crippen LogP contribution in [0.1, 0.15) is 26.2 Å². The molecule has 1 atom stereocenters. The van der Waals surface area contributed by atoms with Crippen molar-refractivity contribution in [3.8, 4) is 0 Å². The molecule has 0 spiro atoms. The van der Waals surface area contributed by atoms with Gasteiger partial charge in [-0.15, -0.1) is 11.8 Å². The summed E-state index contributed by atoms with van der Waals surface area (Å²) < 4.78 is 0. The second-order valence-corrected chi connectivity index (χ2v) is 5.74. The highest BCUT2D eigenvalue weighted by atomic mass is 35.5. The molecule has 1 amide bonds. The van der Waals surface area contributed by atoms with Crippen LogP contribution in [0.3, 0.4) is 0 Å². The number of halogens is 1. The van der Waals surface area contributed by atoms with Crippen molar-refractivity contribution in [3.05, 3.63) is 29.3 Å². The molecule has 20 heavy (non-hydrogen) atoms. The van der Waals surface area contributed by atoms with E-state index in [9.17, 15) is 9.59 Å². The Balaban J connectivity index is 2.46. The van der Waals surface area contributed by atoms with Crippen LogP contribution in [0.4, 0.5) is 0 Å². The van der Waals surface area contributed by atoms with Gasteiger partial charge in [-0.3, -0.25) is 4.79 Å². The number of carbonyl (C=O) groups excluding carboxylic acids is 1. The Labute approximate surface area is 127 Å². The number of thioether (sulfide) groups is 1. The number of aliphatic carboxylic acids is 1. The SMILES string of the molecule is CCCC[C@H](NC(=O)CSc1ccccc1Cl)C(=O)O. The first kappa shape index (κ1) is 16.9. The van der Waals surface area contributed by atoms with E-state index < -0.39 is 12.0 Å². The molecule has 1 aromatic carbocycles. The summed E-state index contributed by atoms with van der Waals surface area (Å²) in [6, 6.07) is 6.43. The highest BCUT2D eigenvalue weighted by Crippen LogP contribution is 2.26. The summed E-state index contributed by atoms with van der Waals surface area (Å²) in [5.74, 6) is -1.13. The summed E-state index contributed by atoms with van der Waals surface area (Å²) in [5.41, 5.74) is 0. The average molecular weight is 316 g/mol. The van der Waals surface area contributed by atoms with Crippen LogP contribution in [-0.4, -0.2) is 28.8 Å². The highest BCUT2D eigenvalue weighted by molar-refractivity contribution is 8.00. The zero-order valence-corrected chi connectivity index (χ0v) is 12.8. The first-order valence-electron chi connectivity index (χ1n) is 6.44. The summed E-state index contributed by atoms with van der Waals surface area (Å²) in [4.78, 5) is 23.6. The van der Waals surface area contributed by atoms with Crippen LogP contribution >= 0.6 is 23.4 Å². The van der Waals surface area contributed by atoms with E-state index in [1.165, 1.54) is 11.8 Å². The van der Waals surface area contributed by atoms with Gasteiger partial charge in [-0.05, 0) is 18.6 Å². The summed E-state index contributed by atoms with van der Waals surface area (Å²) >= 11 is 7.28. The monoisotopic (exact) mass is 315 g/mol. The van der Waals surface area contributed by atoms with Crippen LogP contribution < -0.4 is 5.32 Å². The molecule has 4 nitrogen and oxygen atoms in total. The van der Waals surface area contributed by atoms with E-state index in [0.29, 0.717) is 11.4 Å². The molecule has 0 radical (unpaired) electrons. The molecule has 0 saturated carbocycles. The minimum Gasteiger partial charge on any atom is -0.480 e. The van der Waals surface area contributed by atoms with Crippen molar-refractivity contribution in [1.29, 1.82) is 0 Å². The maximum absolute atomic E-state index is 11.8. The van der Waals surface area contributed by atoms with Gasteiger partial charge < -0.3 is 10.4 Å². The molecular formula is C14H18ClNO3S. The van der Waals surface area contributed by atoms with Gasteiger partial charge in [0, 0.05) is 4.90 Å². The van der Waals surface area contributed by atoms with E-state index >= 15 is 0 Å². The Kier molecular flexibility index (Phi) is 7.47. The molecule has 0 aliphatic heterocycles. The lowest BCUT2D eigenvalue weighted by atomic mass is 10.1. The van der Waals surface area contributed by atoms with E-state index in [4.69, 9.17) is 16.7 Å². The number of hydrogen-bond donors (Lipinski definition) is 2. The number of carbonyl (C=O) groups is 2. The summed E-state index contributed by atoms with van der Waals surface area (Å²) in [6.07, 6.45) is 2.12. The third kappa shape index (κ3) is 5.84. The van der Waals surface area contributed by atoms with Crippen molar-refractivity contribution in [2.75, 3.05) is 5.75 Å². The third-order valence-corrected chi connectivity index (χ3v) is 4.19. The van der Waals surface area contributed by atoms with Crippen molar-refractivity contribution in [2.45, 2.75) is 37.1 Å². The number of rotatable bonds is 8. The second kappa shape index (κ2) is 8.87. The zero-order chi connectivity index (χ0) is 15.0. The fourth-order valence-corrected chi connectivity index (χ4v) is 2.66. The van der Waals surface area contributed by atoms with Gasteiger partial charge in [0.15, 0.2) is 0 Å². The third-order valence-electron chi connectivity index (χ3n) is 2.68. The summed E-state index contributed by atoms with van der Waals surface area (Å²) in [5, 5.41) is 12.2. The number of benzene rings is 1. The fraction of sp³-hybridized carbons (Fsp3) is 0.429. The predicted octanol–water partition coefficient (Wildman–Crippen LogP) is 3.19. The second-order valence-electron chi connectivity index (χ2n) is 4.32. The maximum Gasteiger partial charge on any atom is 0.326 e. The Bertz CT molecular complexity index is 467. The summed E-state index contributed by atoms with van der Waals surface area (Å²) in [7, 11) is 0. The van der Waals surface area contributed by atoms with Crippen LogP contribution in [0.5, 0.6) is 0 Å². The number of carboxylic acid groups (broad SMARTS) is 1. The molecule has 0 aliphatic rings.